The molecule has 0 aliphatic heterocycles. The van der Waals surface area contributed by atoms with E-state index in [1.165, 1.54) is 16.8 Å². The first-order valence-corrected chi connectivity index (χ1v) is 6.81. The fourth-order valence-corrected chi connectivity index (χ4v) is 2.34. The summed E-state index contributed by atoms with van der Waals surface area (Å²) >= 11 is 0. The van der Waals surface area contributed by atoms with Crippen molar-refractivity contribution >= 4 is 0 Å². The molecule has 0 N–H and O–H groups in total. The summed E-state index contributed by atoms with van der Waals surface area (Å²) < 4.78 is 2.17. The zero-order chi connectivity index (χ0) is 13.8. The van der Waals surface area contributed by atoms with Gasteiger partial charge in [-0.25, -0.2) is 0 Å². The maximum Gasteiger partial charge on any atom is 0.120 e. The summed E-state index contributed by atoms with van der Waals surface area (Å²) in [4.78, 5) is 0. The van der Waals surface area contributed by atoms with Gasteiger partial charge in [-0.1, -0.05) is 36.8 Å². The lowest BCUT2D eigenvalue weighted by molar-refractivity contribution is 0.513. The van der Waals surface area contributed by atoms with Gasteiger partial charge in [0.2, 0.25) is 0 Å². The molecule has 1 atom stereocenters. The van der Waals surface area contributed by atoms with E-state index in [0.29, 0.717) is 6.04 Å². The Morgan fingerprint density at radius 2 is 1.84 bits per heavy atom. The van der Waals surface area contributed by atoms with Gasteiger partial charge in [-0.15, -0.1) is 0 Å². The molecular formula is C17H20N2. The summed E-state index contributed by atoms with van der Waals surface area (Å²) in [5.41, 5.74) is 4.54. The van der Waals surface area contributed by atoms with Crippen LogP contribution in [-0.2, 0) is 6.42 Å². The molecule has 2 nitrogen and oxygen atoms in total. The molecule has 0 saturated carbocycles. The van der Waals surface area contributed by atoms with Gasteiger partial charge in [0.15, 0.2) is 0 Å². The van der Waals surface area contributed by atoms with Crippen molar-refractivity contribution in [1.29, 1.82) is 5.26 Å². The molecule has 1 heterocycles. The average Bonchev–Trinajstić information content (AvgIpc) is 2.83. The summed E-state index contributed by atoms with van der Waals surface area (Å²) in [6, 6.07) is 15.3. The molecule has 98 valence electrons. The SMILES string of the molecule is CC[C@H](C)n1c(C#N)ccc1Cc1ccc(C)cc1. The number of rotatable bonds is 4. The zero-order valence-electron chi connectivity index (χ0n) is 11.9. The highest BCUT2D eigenvalue weighted by molar-refractivity contribution is 5.32. The number of nitriles is 1. The van der Waals surface area contributed by atoms with Crippen LogP contribution in [0.15, 0.2) is 36.4 Å². The summed E-state index contributed by atoms with van der Waals surface area (Å²) in [5, 5.41) is 9.21. The smallest absolute Gasteiger partial charge is 0.120 e. The van der Waals surface area contributed by atoms with Gasteiger partial charge in [-0.3, -0.25) is 0 Å². The van der Waals surface area contributed by atoms with Crippen LogP contribution in [0.3, 0.4) is 0 Å². The van der Waals surface area contributed by atoms with Crippen molar-refractivity contribution in [2.24, 2.45) is 0 Å². The van der Waals surface area contributed by atoms with E-state index in [9.17, 15) is 5.26 Å². The first kappa shape index (κ1) is 13.4. The van der Waals surface area contributed by atoms with Crippen LogP contribution in [0, 0.1) is 18.3 Å². The third-order valence-corrected chi connectivity index (χ3v) is 3.65. The second-order valence-electron chi connectivity index (χ2n) is 5.11. The van der Waals surface area contributed by atoms with Gasteiger partial charge in [0.1, 0.15) is 11.8 Å². The number of aryl methyl sites for hydroxylation is 1. The van der Waals surface area contributed by atoms with Crippen LogP contribution in [0.1, 0.15) is 48.8 Å². The van der Waals surface area contributed by atoms with E-state index in [1.54, 1.807) is 0 Å². The molecule has 0 bridgehead atoms. The van der Waals surface area contributed by atoms with Gasteiger partial charge in [-0.05, 0) is 38.0 Å². The van der Waals surface area contributed by atoms with Crippen LogP contribution >= 0.6 is 0 Å². The van der Waals surface area contributed by atoms with E-state index in [2.05, 4.69) is 61.7 Å². The Hall–Kier alpha value is -2.01. The van der Waals surface area contributed by atoms with Crippen LogP contribution in [0.25, 0.3) is 0 Å². The minimum absolute atomic E-state index is 0.366. The molecule has 2 aromatic rings. The fraction of sp³-hybridized carbons (Fsp3) is 0.353. The van der Waals surface area contributed by atoms with Crippen LogP contribution in [0.4, 0.5) is 0 Å². The quantitative estimate of drug-likeness (QED) is 0.800. The lowest BCUT2D eigenvalue weighted by atomic mass is 10.1. The average molecular weight is 252 g/mol. The monoisotopic (exact) mass is 252 g/mol. The third kappa shape index (κ3) is 2.88. The van der Waals surface area contributed by atoms with Gasteiger partial charge in [0.05, 0.1) is 0 Å². The predicted molar refractivity (Wildman–Crippen MR) is 78.1 cm³/mol. The minimum Gasteiger partial charge on any atom is -0.333 e. The molecular weight excluding hydrogens is 232 g/mol. The van der Waals surface area contributed by atoms with Gasteiger partial charge in [-0.2, -0.15) is 5.26 Å². The minimum atomic E-state index is 0.366. The highest BCUT2D eigenvalue weighted by atomic mass is 15.0. The molecule has 0 radical (unpaired) electrons. The van der Waals surface area contributed by atoms with E-state index < -0.39 is 0 Å². The van der Waals surface area contributed by atoms with E-state index >= 15 is 0 Å². The largest absolute Gasteiger partial charge is 0.333 e. The molecule has 0 fully saturated rings. The standard InChI is InChI=1S/C17H20N2/c1-4-14(3)19-16(9-10-17(19)12-18)11-15-7-5-13(2)6-8-15/h5-10,14H,4,11H2,1-3H3/t14-/m0/s1. The molecule has 1 aromatic heterocycles. The predicted octanol–water partition coefficient (Wildman–Crippen LogP) is 4.23. The van der Waals surface area contributed by atoms with Crippen molar-refractivity contribution in [2.45, 2.75) is 39.7 Å². The molecule has 19 heavy (non-hydrogen) atoms. The Labute approximate surface area is 115 Å². The summed E-state index contributed by atoms with van der Waals surface area (Å²) in [6.45, 7) is 6.42. The van der Waals surface area contributed by atoms with Crippen LogP contribution in [0.2, 0.25) is 0 Å². The summed E-state index contributed by atoms with van der Waals surface area (Å²) in [6.07, 6.45) is 1.91. The summed E-state index contributed by atoms with van der Waals surface area (Å²) in [5.74, 6) is 0. The van der Waals surface area contributed by atoms with Crippen LogP contribution < -0.4 is 0 Å². The Morgan fingerprint density at radius 3 is 2.42 bits per heavy atom. The summed E-state index contributed by atoms with van der Waals surface area (Å²) in [7, 11) is 0. The number of aromatic nitrogens is 1. The van der Waals surface area contributed by atoms with Crippen molar-refractivity contribution in [1.82, 2.24) is 4.57 Å². The Kier molecular flexibility index (Phi) is 4.06. The topological polar surface area (TPSA) is 28.7 Å². The van der Waals surface area contributed by atoms with E-state index in [1.807, 2.05) is 6.07 Å². The molecule has 0 unspecified atom stereocenters. The van der Waals surface area contributed by atoms with Gasteiger partial charge in [0, 0.05) is 18.2 Å². The molecule has 0 amide bonds. The first-order valence-electron chi connectivity index (χ1n) is 6.81. The van der Waals surface area contributed by atoms with Gasteiger partial charge < -0.3 is 4.57 Å². The van der Waals surface area contributed by atoms with Crippen molar-refractivity contribution in [2.75, 3.05) is 0 Å². The van der Waals surface area contributed by atoms with Crippen molar-refractivity contribution in [3.63, 3.8) is 0 Å². The molecule has 2 rings (SSSR count). The number of hydrogen-bond donors (Lipinski definition) is 0. The van der Waals surface area contributed by atoms with Gasteiger partial charge in [0.25, 0.3) is 0 Å². The Balaban J connectivity index is 2.32. The van der Waals surface area contributed by atoms with Gasteiger partial charge >= 0.3 is 0 Å². The Morgan fingerprint density at radius 1 is 1.16 bits per heavy atom. The number of hydrogen-bond acceptors (Lipinski definition) is 1. The molecule has 0 saturated heterocycles. The van der Waals surface area contributed by atoms with E-state index in [0.717, 1.165) is 18.5 Å². The van der Waals surface area contributed by atoms with Crippen molar-refractivity contribution < 1.29 is 0 Å². The van der Waals surface area contributed by atoms with Crippen LogP contribution in [0.5, 0.6) is 0 Å². The van der Waals surface area contributed by atoms with Crippen LogP contribution in [-0.4, -0.2) is 4.57 Å². The normalized spacial score (nSPS) is 12.1. The second-order valence-corrected chi connectivity index (χ2v) is 5.11. The second kappa shape index (κ2) is 5.75. The zero-order valence-corrected chi connectivity index (χ0v) is 11.9. The maximum atomic E-state index is 9.21. The third-order valence-electron chi connectivity index (χ3n) is 3.65. The Bertz CT molecular complexity index is 585. The lowest BCUT2D eigenvalue weighted by Crippen LogP contribution is -2.10. The highest BCUT2D eigenvalue weighted by Gasteiger charge is 2.12. The fourth-order valence-electron chi connectivity index (χ4n) is 2.34. The molecule has 2 heteroatoms. The number of nitrogens with zero attached hydrogens (tertiary/aromatic N) is 2. The first-order chi connectivity index (χ1) is 9.15. The highest BCUT2D eigenvalue weighted by Crippen LogP contribution is 2.21. The molecule has 0 aliphatic carbocycles. The van der Waals surface area contributed by atoms with Crippen molar-refractivity contribution in [3.05, 3.63) is 58.9 Å². The number of benzene rings is 1. The van der Waals surface area contributed by atoms with Crippen molar-refractivity contribution in [3.8, 4) is 6.07 Å². The molecule has 0 aliphatic rings. The molecule has 0 spiro atoms. The molecule has 1 aromatic carbocycles. The maximum absolute atomic E-state index is 9.21. The van der Waals surface area contributed by atoms with E-state index in [-0.39, 0.29) is 0 Å². The lowest BCUT2D eigenvalue weighted by Gasteiger charge is -2.17. The van der Waals surface area contributed by atoms with E-state index in [4.69, 9.17) is 0 Å².